The van der Waals surface area contributed by atoms with Gasteiger partial charge < -0.3 is 0 Å². The first kappa shape index (κ1) is 12.7. The van der Waals surface area contributed by atoms with E-state index < -0.39 is 9.92 Å². The SMILES string of the molecule is CCN(C)S(C)(=O)=Nc1ccc(Br)cc1. The van der Waals surface area contributed by atoms with Crippen LogP contribution >= 0.6 is 15.9 Å². The van der Waals surface area contributed by atoms with Gasteiger partial charge in [-0.2, -0.15) is 4.36 Å². The van der Waals surface area contributed by atoms with E-state index in [1.807, 2.05) is 38.2 Å². The van der Waals surface area contributed by atoms with Gasteiger partial charge in [-0.15, -0.1) is 0 Å². The van der Waals surface area contributed by atoms with Gasteiger partial charge in [0, 0.05) is 24.3 Å². The maximum absolute atomic E-state index is 12.1. The van der Waals surface area contributed by atoms with Crippen LogP contribution in [0.25, 0.3) is 0 Å². The topological polar surface area (TPSA) is 32.7 Å². The lowest BCUT2D eigenvalue weighted by atomic mass is 10.3. The van der Waals surface area contributed by atoms with E-state index in [4.69, 9.17) is 0 Å². The molecule has 0 bridgehead atoms. The number of hydrogen-bond acceptors (Lipinski definition) is 2. The highest BCUT2D eigenvalue weighted by atomic mass is 79.9. The Morgan fingerprint density at radius 3 is 2.40 bits per heavy atom. The Balaban J connectivity index is 3.06. The van der Waals surface area contributed by atoms with Gasteiger partial charge in [-0.1, -0.05) is 22.9 Å². The Labute approximate surface area is 99.9 Å². The van der Waals surface area contributed by atoms with Crippen LogP contribution in [-0.4, -0.2) is 28.4 Å². The number of benzene rings is 1. The molecule has 3 nitrogen and oxygen atoms in total. The maximum atomic E-state index is 12.1. The zero-order valence-corrected chi connectivity index (χ0v) is 11.5. The van der Waals surface area contributed by atoms with Gasteiger partial charge >= 0.3 is 0 Å². The van der Waals surface area contributed by atoms with Gasteiger partial charge in [0.1, 0.15) is 9.92 Å². The summed E-state index contributed by atoms with van der Waals surface area (Å²) in [5.41, 5.74) is 0.742. The molecule has 0 saturated heterocycles. The first-order valence-corrected chi connectivity index (χ1v) is 7.32. The lowest BCUT2D eigenvalue weighted by molar-refractivity contribution is 0.544. The fourth-order valence-electron chi connectivity index (χ4n) is 1.01. The predicted molar refractivity (Wildman–Crippen MR) is 68.6 cm³/mol. The molecule has 84 valence electrons. The van der Waals surface area contributed by atoms with Crippen LogP contribution in [0, 0.1) is 0 Å². The molecule has 0 heterocycles. The standard InChI is InChI=1S/C10H15BrN2OS/c1-4-13(2)15(3,14)12-10-7-5-9(11)6-8-10/h5-8H,4H2,1-3H3. The van der Waals surface area contributed by atoms with Crippen molar-refractivity contribution in [3.05, 3.63) is 28.7 Å². The van der Waals surface area contributed by atoms with Crippen molar-refractivity contribution in [1.82, 2.24) is 4.31 Å². The molecule has 0 N–H and O–H groups in total. The molecule has 0 aromatic heterocycles. The first-order chi connectivity index (χ1) is 6.95. The van der Waals surface area contributed by atoms with Crippen molar-refractivity contribution >= 4 is 31.5 Å². The van der Waals surface area contributed by atoms with Crippen molar-refractivity contribution in [2.45, 2.75) is 6.92 Å². The molecular weight excluding hydrogens is 276 g/mol. The molecule has 0 amide bonds. The Morgan fingerprint density at radius 1 is 1.40 bits per heavy atom. The van der Waals surface area contributed by atoms with E-state index in [0.717, 1.165) is 16.7 Å². The molecule has 1 rings (SSSR count). The van der Waals surface area contributed by atoms with Gasteiger partial charge in [0.05, 0.1) is 5.69 Å². The molecule has 0 aliphatic heterocycles. The number of hydrogen-bond donors (Lipinski definition) is 0. The fourth-order valence-corrected chi connectivity index (χ4v) is 2.40. The number of halogens is 1. The minimum atomic E-state index is -2.28. The van der Waals surface area contributed by atoms with Crippen LogP contribution in [0.5, 0.6) is 0 Å². The zero-order valence-electron chi connectivity index (χ0n) is 9.11. The van der Waals surface area contributed by atoms with Gasteiger partial charge in [0.2, 0.25) is 0 Å². The van der Waals surface area contributed by atoms with Crippen LogP contribution in [0.1, 0.15) is 6.92 Å². The minimum Gasteiger partial charge on any atom is -0.234 e. The molecule has 0 spiro atoms. The lowest BCUT2D eigenvalue weighted by Gasteiger charge is -2.15. The summed E-state index contributed by atoms with van der Waals surface area (Å²) in [4.78, 5) is 0. The summed E-state index contributed by atoms with van der Waals surface area (Å²) in [5, 5.41) is 0. The van der Waals surface area contributed by atoms with Crippen molar-refractivity contribution in [2.75, 3.05) is 19.8 Å². The Kier molecular flexibility index (Phi) is 4.31. The van der Waals surface area contributed by atoms with Crippen LogP contribution in [0.15, 0.2) is 33.1 Å². The highest BCUT2D eigenvalue weighted by Gasteiger charge is 2.06. The third kappa shape index (κ3) is 3.59. The summed E-state index contributed by atoms with van der Waals surface area (Å²) >= 11 is 3.34. The van der Waals surface area contributed by atoms with Gasteiger partial charge in [-0.05, 0) is 24.3 Å². The predicted octanol–water partition coefficient (Wildman–Crippen LogP) is 3.05. The maximum Gasteiger partial charge on any atom is 0.112 e. The van der Waals surface area contributed by atoms with Crippen LogP contribution < -0.4 is 0 Å². The van der Waals surface area contributed by atoms with Gasteiger partial charge in [0.15, 0.2) is 0 Å². The van der Waals surface area contributed by atoms with Crippen LogP contribution in [0.4, 0.5) is 5.69 Å². The summed E-state index contributed by atoms with van der Waals surface area (Å²) < 4.78 is 19.1. The van der Waals surface area contributed by atoms with Crippen molar-refractivity contribution < 1.29 is 4.21 Å². The average molecular weight is 291 g/mol. The summed E-state index contributed by atoms with van der Waals surface area (Å²) in [6.07, 6.45) is 1.65. The Bertz CT molecular complexity index is 435. The summed E-state index contributed by atoms with van der Waals surface area (Å²) in [6.45, 7) is 2.68. The van der Waals surface area contributed by atoms with Crippen molar-refractivity contribution in [2.24, 2.45) is 4.36 Å². The van der Waals surface area contributed by atoms with Crippen molar-refractivity contribution in [1.29, 1.82) is 0 Å². The van der Waals surface area contributed by atoms with E-state index in [9.17, 15) is 4.21 Å². The van der Waals surface area contributed by atoms with E-state index >= 15 is 0 Å². The highest BCUT2D eigenvalue weighted by molar-refractivity contribution is 9.10. The number of nitrogens with zero attached hydrogens (tertiary/aromatic N) is 2. The zero-order chi connectivity index (χ0) is 11.5. The molecular formula is C10H15BrN2OS. The molecule has 1 aromatic rings. The van der Waals surface area contributed by atoms with E-state index in [0.29, 0.717) is 0 Å². The van der Waals surface area contributed by atoms with Crippen molar-refractivity contribution in [3.63, 3.8) is 0 Å². The van der Waals surface area contributed by atoms with Gasteiger partial charge in [-0.25, -0.2) is 8.51 Å². The Morgan fingerprint density at radius 2 is 1.93 bits per heavy atom. The quantitative estimate of drug-likeness (QED) is 0.842. The summed E-state index contributed by atoms with van der Waals surface area (Å²) in [6, 6.07) is 7.47. The molecule has 15 heavy (non-hydrogen) atoms. The molecule has 5 heteroatoms. The third-order valence-electron chi connectivity index (χ3n) is 2.13. The molecule has 1 aromatic carbocycles. The second kappa shape index (κ2) is 5.09. The second-order valence-corrected chi connectivity index (χ2v) is 6.52. The number of rotatable bonds is 3. The third-order valence-corrected chi connectivity index (χ3v) is 4.62. The largest absolute Gasteiger partial charge is 0.234 e. The molecule has 0 saturated carbocycles. The van der Waals surface area contributed by atoms with Crippen molar-refractivity contribution in [3.8, 4) is 0 Å². The van der Waals surface area contributed by atoms with Crippen LogP contribution in [0.2, 0.25) is 0 Å². The molecule has 0 aliphatic carbocycles. The molecule has 0 radical (unpaired) electrons. The summed E-state index contributed by atoms with van der Waals surface area (Å²) in [5.74, 6) is 0. The molecule has 1 atom stereocenters. The van der Waals surface area contributed by atoms with E-state index in [-0.39, 0.29) is 0 Å². The lowest BCUT2D eigenvalue weighted by Crippen LogP contribution is -2.24. The van der Waals surface area contributed by atoms with E-state index in [1.165, 1.54) is 0 Å². The van der Waals surface area contributed by atoms with Crippen LogP contribution in [0.3, 0.4) is 0 Å². The normalized spacial score (nSPS) is 15.0. The highest BCUT2D eigenvalue weighted by Crippen LogP contribution is 2.19. The van der Waals surface area contributed by atoms with Gasteiger partial charge in [-0.3, -0.25) is 0 Å². The Hall–Kier alpha value is -0.390. The monoisotopic (exact) mass is 290 g/mol. The minimum absolute atomic E-state index is 0.718. The van der Waals surface area contributed by atoms with Gasteiger partial charge in [0.25, 0.3) is 0 Å². The molecule has 0 fully saturated rings. The van der Waals surface area contributed by atoms with E-state index in [2.05, 4.69) is 20.3 Å². The fraction of sp³-hybridized carbons (Fsp3) is 0.400. The summed E-state index contributed by atoms with van der Waals surface area (Å²) in [7, 11) is -0.473. The molecule has 0 aliphatic rings. The second-order valence-electron chi connectivity index (χ2n) is 3.27. The average Bonchev–Trinajstić information content (AvgIpc) is 2.20. The first-order valence-electron chi connectivity index (χ1n) is 4.64. The van der Waals surface area contributed by atoms with E-state index in [1.54, 1.807) is 10.6 Å². The molecule has 1 unspecified atom stereocenters. The smallest absolute Gasteiger partial charge is 0.112 e. The van der Waals surface area contributed by atoms with Crippen LogP contribution in [-0.2, 0) is 9.92 Å².